The Kier molecular flexibility index (Phi) is 4.88. The summed E-state index contributed by atoms with van der Waals surface area (Å²) in [6.45, 7) is 14.0. The van der Waals surface area contributed by atoms with Crippen molar-refractivity contribution in [3.05, 3.63) is 0 Å². The first-order valence-electron chi connectivity index (χ1n) is 7.97. The first-order chi connectivity index (χ1) is 8.97. The van der Waals surface area contributed by atoms with Gasteiger partial charge < -0.3 is 4.90 Å². The Morgan fingerprint density at radius 1 is 1.00 bits per heavy atom. The monoisotopic (exact) mass is 266 g/mol. The molecule has 19 heavy (non-hydrogen) atoms. The first kappa shape index (κ1) is 14.8. The second-order valence-electron chi connectivity index (χ2n) is 7.16. The lowest BCUT2D eigenvalue weighted by Gasteiger charge is -2.43. The molecule has 2 heterocycles. The molecule has 0 bridgehead atoms. The van der Waals surface area contributed by atoms with Gasteiger partial charge in [0.25, 0.3) is 0 Å². The zero-order valence-electron chi connectivity index (χ0n) is 13.1. The van der Waals surface area contributed by atoms with Crippen molar-refractivity contribution in [1.82, 2.24) is 9.80 Å². The molecule has 2 saturated heterocycles. The molecule has 0 saturated carbocycles. The van der Waals surface area contributed by atoms with Crippen molar-refractivity contribution in [2.24, 2.45) is 23.7 Å². The van der Waals surface area contributed by atoms with Crippen LogP contribution < -0.4 is 0 Å². The van der Waals surface area contributed by atoms with Gasteiger partial charge in [-0.2, -0.15) is 0 Å². The summed E-state index contributed by atoms with van der Waals surface area (Å²) in [4.78, 5) is 16.6. The Bertz CT molecular complexity index is 300. The van der Waals surface area contributed by atoms with Crippen LogP contribution in [0.1, 0.15) is 40.5 Å². The van der Waals surface area contributed by atoms with Crippen LogP contribution in [0.5, 0.6) is 0 Å². The van der Waals surface area contributed by atoms with Gasteiger partial charge in [0.2, 0.25) is 5.91 Å². The van der Waals surface area contributed by atoms with Crippen LogP contribution in [0.2, 0.25) is 0 Å². The Morgan fingerprint density at radius 3 is 2.00 bits per heavy atom. The average molecular weight is 266 g/mol. The van der Waals surface area contributed by atoms with Crippen LogP contribution in [0.4, 0.5) is 0 Å². The standard InChI is InChI=1S/C16H30N2O/c1-12(2)14-5-7-17(8-6-14)11-16(19)18-9-15(10-18)13(3)4/h12-15H,5-11H2,1-4H3. The molecule has 0 aromatic heterocycles. The Balaban J connectivity index is 1.67. The largest absolute Gasteiger partial charge is 0.341 e. The van der Waals surface area contributed by atoms with E-state index >= 15 is 0 Å². The van der Waals surface area contributed by atoms with Crippen molar-refractivity contribution >= 4 is 5.91 Å². The number of likely N-dealkylation sites (tertiary alicyclic amines) is 2. The number of piperidine rings is 1. The molecule has 0 N–H and O–H groups in total. The summed E-state index contributed by atoms with van der Waals surface area (Å²) in [6.07, 6.45) is 2.53. The molecule has 2 aliphatic heterocycles. The third-order valence-electron chi connectivity index (χ3n) is 5.14. The molecule has 110 valence electrons. The molecule has 0 aliphatic carbocycles. The van der Waals surface area contributed by atoms with Gasteiger partial charge in [-0.3, -0.25) is 9.69 Å². The molecule has 2 aliphatic rings. The highest BCUT2D eigenvalue weighted by atomic mass is 16.2. The van der Waals surface area contributed by atoms with E-state index in [-0.39, 0.29) is 0 Å². The minimum absolute atomic E-state index is 0.347. The van der Waals surface area contributed by atoms with Crippen LogP contribution in [0.15, 0.2) is 0 Å². The van der Waals surface area contributed by atoms with Crippen LogP contribution in [0.3, 0.4) is 0 Å². The molecule has 3 nitrogen and oxygen atoms in total. The van der Waals surface area contributed by atoms with E-state index in [1.807, 2.05) is 4.90 Å². The van der Waals surface area contributed by atoms with Gasteiger partial charge in [0.05, 0.1) is 6.54 Å². The molecular weight excluding hydrogens is 236 g/mol. The predicted octanol–water partition coefficient (Wildman–Crippen LogP) is 2.47. The van der Waals surface area contributed by atoms with E-state index in [0.29, 0.717) is 18.4 Å². The Labute approximate surface area is 118 Å². The van der Waals surface area contributed by atoms with Gasteiger partial charge in [0.1, 0.15) is 0 Å². The molecule has 0 aromatic rings. The maximum absolute atomic E-state index is 12.2. The van der Waals surface area contributed by atoms with E-state index in [4.69, 9.17) is 0 Å². The van der Waals surface area contributed by atoms with Crippen molar-refractivity contribution in [3.63, 3.8) is 0 Å². The van der Waals surface area contributed by atoms with Crippen molar-refractivity contribution < 1.29 is 4.79 Å². The number of rotatable bonds is 4. The molecule has 0 atom stereocenters. The van der Waals surface area contributed by atoms with Crippen molar-refractivity contribution in [1.29, 1.82) is 0 Å². The molecular formula is C16H30N2O. The number of carbonyl (C=O) groups excluding carboxylic acids is 1. The van der Waals surface area contributed by atoms with E-state index in [0.717, 1.165) is 43.9 Å². The predicted molar refractivity (Wildman–Crippen MR) is 78.9 cm³/mol. The number of hydrogen-bond acceptors (Lipinski definition) is 2. The van der Waals surface area contributed by atoms with Crippen molar-refractivity contribution in [2.75, 3.05) is 32.7 Å². The molecule has 2 rings (SSSR count). The minimum atomic E-state index is 0.347. The molecule has 1 amide bonds. The summed E-state index contributed by atoms with van der Waals surface area (Å²) in [5, 5.41) is 0. The van der Waals surface area contributed by atoms with Crippen LogP contribution in [0.25, 0.3) is 0 Å². The highest BCUT2D eigenvalue weighted by molar-refractivity contribution is 5.79. The van der Waals surface area contributed by atoms with E-state index < -0.39 is 0 Å². The maximum atomic E-state index is 12.2. The lowest BCUT2D eigenvalue weighted by Crippen LogP contribution is -2.55. The SMILES string of the molecule is CC(C)C1CCN(CC(=O)N2CC(C(C)C)C2)CC1. The molecule has 0 aromatic carbocycles. The van der Waals surface area contributed by atoms with E-state index in [1.54, 1.807) is 0 Å². The van der Waals surface area contributed by atoms with E-state index in [9.17, 15) is 4.79 Å². The van der Waals surface area contributed by atoms with Crippen molar-refractivity contribution in [2.45, 2.75) is 40.5 Å². The van der Waals surface area contributed by atoms with Gasteiger partial charge in [-0.05, 0) is 49.6 Å². The summed E-state index contributed by atoms with van der Waals surface area (Å²) < 4.78 is 0. The Morgan fingerprint density at radius 2 is 1.53 bits per heavy atom. The van der Waals surface area contributed by atoms with Gasteiger partial charge in [0, 0.05) is 13.1 Å². The van der Waals surface area contributed by atoms with Gasteiger partial charge in [-0.15, -0.1) is 0 Å². The summed E-state index contributed by atoms with van der Waals surface area (Å²) in [5.74, 6) is 3.45. The van der Waals surface area contributed by atoms with E-state index in [2.05, 4.69) is 32.6 Å². The fourth-order valence-electron chi connectivity index (χ4n) is 3.21. The highest BCUT2D eigenvalue weighted by Gasteiger charge is 2.33. The second kappa shape index (κ2) is 6.25. The summed E-state index contributed by atoms with van der Waals surface area (Å²) in [6, 6.07) is 0. The van der Waals surface area contributed by atoms with Crippen LogP contribution in [-0.2, 0) is 4.79 Å². The normalized spacial score (nSPS) is 23.2. The van der Waals surface area contributed by atoms with E-state index in [1.165, 1.54) is 12.8 Å². The maximum Gasteiger partial charge on any atom is 0.236 e. The number of nitrogens with zero attached hydrogens (tertiary/aromatic N) is 2. The molecule has 3 heteroatoms. The molecule has 0 spiro atoms. The second-order valence-corrected chi connectivity index (χ2v) is 7.16. The number of hydrogen-bond donors (Lipinski definition) is 0. The number of carbonyl (C=O) groups is 1. The lowest BCUT2D eigenvalue weighted by molar-refractivity contribution is -0.140. The highest BCUT2D eigenvalue weighted by Crippen LogP contribution is 2.26. The van der Waals surface area contributed by atoms with Crippen LogP contribution in [0, 0.1) is 23.7 Å². The average Bonchev–Trinajstić information content (AvgIpc) is 2.26. The third kappa shape index (κ3) is 3.71. The Hall–Kier alpha value is -0.570. The van der Waals surface area contributed by atoms with Crippen LogP contribution in [-0.4, -0.2) is 48.4 Å². The summed E-state index contributed by atoms with van der Waals surface area (Å²) >= 11 is 0. The molecule has 0 radical (unpaired) electrons. The minimum Gasteiger partial charge on any atom is -0.341 e. The van der Waals surface area contributed by atoms with Gasteiger partial charge >= 0.3 is 0 Å². The zero-order valence-corrected chi connectivity index (χ0v) is 13.1. The van der Waals surface area contributed by atoms with Crippen LogP contribution >= 0.6 is 0 Å². The first-order valence-corrected chi connectivity index (χ1v) is 7.97. The van der Waals surface area contributed by atoms with Gasteiger partial charge in [0.15, 0.2) is 0 Å². The quantitative estimate of drug-likeness (QED) is 0.780. The molecule has 0 unspecified atom stereocenters. The third-order valence-corrected chi connectivity index (χ3v) is 5.14. The molecule has 2 fully saturated rings. The zero-order chi connectivity index (χ0) is 14.0. The van der Waals surface area contributed by atoms with Gasteiger partial charge in [-0.1, -0.05) is 27.7 Å². The van der Waals surface area contributed by atoms with Gasteiger partial charge in [-0.25, -0.2) is 0 Å². The smallest absolute Gasteiger partial charge is 0.236 e. The topological polar surface area (TPSA) is 23.6 Å². The summed E-state index contributed by atoms with van der Waals surface area (Å²) in [7, 11) is 0. The fraction of sp³-hybridized carbons (Fsp3) is 0.938. The summed E-state index contributed by atoms with van der Waals surface area (Å²) in [5.41, 5.74) is 0. The fourth-order valence-corrected chi connectivity index (χ4v) is 3.21. The lowest BCUT2D eigenvalue weighted by atomic mass is 9.86. The van der Waals surface area contributed by atoms with Crippen molar-refractivity contribution in [3.8, 4) is 0 Å². The number of amides is 1.